The summed E-state index contributed by atoms with van der Waals surface area (Å²) >= 11 is 1.89. The monoisotopic (exact) mass is 242 g/mol. The molecule has 3 heteroatoms. The normalized spacial score (nSPS) is 27.8. The maximum Gasteiger partial charge on any atom is 0.157 e. The third-order valence-corrected chi connectivity index (χ3v) is 3.91. The van der Waals surface area contributed by atoms with Crippen LogP contribution in [0.25, 0.3) is 0 Å². The van der Waals surface area contributed by atoms with E-state index in [2.05, 4.69) is 44.9 Å². The number of aliphatic imine (C=N–C) groups is 1. The second-order valence-electron chi connectivity index (χ2n) is 5.46. The molecule has 0 aromatic heterocycles. The SMILES string of the molecule is CC(C)CCC(C)NC1=NC(C)CC(C)S1. The van der Waals surface area contributed by atoms with Gasteiger partial charge in [-0.15, -0.1) is 0 Å². The molecule has 1 aliphatic rings. The number of hydrogen-bond acceptors (Lipinski definition) is 3. The fourth-order valence-corrected chi connectivity index (χ4v) is 3.21. The van der Waals surface area contributed by atoms with Gasteiger partial charge in [-0.3, -0.25) is 4.99 Å². The Morgan fingerprint density at radius 2 is 2.00 bits per heavy atom. The minimum absolute atomic E-state index is 0.482. The number of amidine groups is 1. The molecule has 1 rings (SSSR count). The van der Waals surface area contributed by atoms with Gasteiger partial charge in [-0.2, -0.15) is 0 Å². The summed E-state index contributed by atoms with van der Waals surface area (Å²) in [5, 5.41) is 5.40. The molecule has 16 heavy (non-hydrogen) atoms. The zero-order chi connectivity index (χ0) is 12.1. The molecule has 1 N–H and O–H groups in total. The fourth-order valence-electron chi connectivity index (χ4n) is 1.94. The van der Waals surface area contributed by atoms with Crippen LogP contribution in [0.4, 0.5) is 0 Å². The van der Waals surface area contributed by atoms with Crippen molar-refractivity contribution in [3.8, 4) is 0 Å². The van der Waals surface area contributed by atoms with E-state index in [4.69, 9.17) is 0 Å². The van der Waals surface area contributed by atoms with Gasteiger partial charge in [0.25, 0.3) is 0 Å². The summed E-state index contributed by atoms with van der Waals surface area (Å²) < 4.78 is 0. The lowest BCUT2D eigenvalue weighted by molar-refractivity contribution is 0.492. The molecule has 94 valence electrons. The molecule has 1 aliphatic heterocycles. The van der Waals surface area contributed by atoms with Crippen LogP contribution in [-0.2, 0) is 0 Å². The predicted molar refractivity (Wildman–Crippen MR) is 75.2 cm³/mol. The van der Waals surface area contributed by atoms with Crippen molar-refractivity contribution >= 4 is 16.9 Å². The number of hydrogen-bond donors (Lipinski definition) is 1. The number of nitrogens with one attached hydrogen (secondary N) is 1. The molecule has 1 heterocycles. The Labute approximate surface area is 105 Å². The summed E-state index contributed by atoms with van der Waals surface area (Å²) in [5.41, 5.74) is 0. The van der Waals surface area contributed by atoms with Crippen LogP contribution in [0.2, 0.25) is 0 Å². The molecule has 0 fully saturated rings. The third-order valence-electron chi connectivity index (χ3n) is 2.87. The summed E-state index contributed by atoms with van der Waals surface area (Å²) in [6, 6.07) is 1.03. The molecule has 0 radical (unpaired) electrons. The Kier molecular flexibility index (Phi) is 5.67. The predicted octanol–water partition coefficient (Wildman–Crippen LogP) is 3.67. The second kappa shape index (κ2) is 6.53. The Morgan fingerprint density at radius 1 is 1.31 bits per heavy atom. The van der Waals surface area contributed by atoms with Crippen molar-refractivity contribution in [3.63, 3.8) is 0 Å². The van der Waals surface area contributed by atoms with Gasteiger partial charge in [0.2, 0.25) is 0 Å². The highest BCUT2D eigenvalue weighted by molar-refractivity contribution is 8.14. The zero-order valence-electron chi connectivity index (χ0n) is 11.3. The van der Waals surface area contributed by atoms with E-state index >= 15 is 0 Å². The molecule has 0 aromatic rings. The fraction of sp³-hybridized carbons (Fsp3) is 0.923. The minimum Gasteiger partial charge on any atom is -0.362 e. The summed E-state index contributed by atoms with van der Waals surface area (Å²) in [7, 11) is 0. The lowest BCUT2D eigenvalue weighted by Crippen LogP contribution is -2.35. The van der Waals surface area contributed by atoms with Crippen molar-refractivity contribution in [1.29, 1.82) is 0 Å². The molecule has 0 aliphatic carbocycles. The molecular formula is C13H26N2S. The van der Waals surface area contributed by atoms with E-state index in [1.54, 1.807) is 0 Å². The topological polar surface area (TPSA) is 24.4 Å². The summed E-state index contributed by atoms with van der Waals surface area (Å²) in [6.45, 7) is 11.3. The smallest absolute Gasteiger partial charge is 0.157 e. The largest absolute Gasteiger partial charge is 0.362 e. The van der Waals surface area contributed by atoms with Crippen LogP contribution in [0.5, 0.6) is 0 Å². The first-order chi connectivity index (χ1) is 7.47. The van der Waals surface area contributed by atoms with E-state index < -0.39 is 0 Å². The first-order valence-corrected chi connectivity index (χ1v) is 7.36. The van der Waals surface area contributed by atoms with Gasteiger partial charge in [0.15, 0.2) is 5.17 Å². The van der Waals surface area contributed by atoms with E-state index in [0.717, 1.165) is 11.1 Å². The van der Waals surface area contributed by atoms with Crippen LogP contribution in [0, 0.1) is 5.92 Å². The van der Waals surface area contributed by atoms with E-state index in [9.17, 15) is 0 Å². The van der Waals surface area contributed by atoms with E-state index in [1.165, 1.54) is 19.3 Å². The lowest BCUT2D eigenvalue weighted by atomic mass is 10.0. The van der Waals surface area contributed by atoms with Crippen molar-refractivity contribution in [1.82, 2.24) is 5.32 Å². The van der Waals surface area contributed by atoms with Crippen molar-refractivity contribution < 1.29 is 0 Å². The van der Waals surface area contributed by atoms with Crippen molar-refractivity contribution in [3.05, 3.63) is 0 Å². The van der Waals surface area contributed by atoms with Crippen LogP contribution < -0.4 is 5.32 Å². The Morgan fingerprint density at radius 3 is 2.56 bits per heavy atom. The number of nitrogens with zero attached hydrogens (tertiary/aromatic N) is 1. The number of rotatable bonds is 4. The molecule has 0 aromatic carbocycles. The molecule has 0 saturated heterocycles. The van der Waals surface area contributed by atoms with Crippen LogP contribution in [0.3, 0.4) is 0 Å². The highest BCUT2D eigenvalue weighted by Gasteiger charge is 2.19. The summed E-state index contributed by atoms with van der Waals surface area (Å²) in [6.07, 6.45) is 3.73. The minimum atomic E-state index is 0.482. The molecule has 0 spiro atoms. The summed E-state index contributed by atoms with van der Waals surface area (Å²) in [5.74, 6) is 0.794. The maximum absolute atomic E-state index is 4.67. The Hall–Kier alpha value is -0.180. The van der Waals surface area contributed by atoms with Gasteiger partial charge in [-0.05, 0) is 39.0 Å². The van der Waals surface area contributed by atoms with Crippen molar-refractivity contribution in [2.45, 2.75) is 71.2 Å². The van der Waals surface area contributed by atoms with Gasteiger partial charge in [-0.1, -0.05) is 32.5 Å². The van der Waals surface area contributed by atoms with Gasteiger partial charge < -0.3 is 5.32 Å². The molecular weight excluding hydrogens is 216 g/mol. The molecule has 2 nitrogen and oxygen atoms in total. The zero-order valence-corrected chi connectivity index (χ0v) is 12.1. The molecule has 0 bridgehead atoms. The van der Waals surface area contributed by atoms with Crippen LogP contribution in [0.1, 0.15) is 53.9 Å². The average molecular weight is 242 g/mol. The Balaban J connectivity index is 2.35. The van der Waals surface area contributed by atoms with Crippen molar-refractivity contribution in [2.75, 3.05) is 0 Å². The lowest BCUT2D eigenvalue weighted by Gasteiger charge is -2.25. The quantitative estimate of drug-likeness (QED) is 0.813. The van der Waals surface area contributed by atoms with E-state index in [-0.39, 0.29) is 0 Å². The highest BCUT2D eigenvalue weighted by atomic mass is 32.2. The molecule has 0 amide bonds. The third kappa shape index (κ3) is 5.24. The molecule has 3 unspecified atom stereocenters. The maximum atomic E-state index is 4.67. The number of thioether (sulfide) groups is 1. The van der Waals surface area contributed by atoms with Gasteiger partial charge in [0.1, 0.15) is 0 Å². The van der Waals surface area contributed by atoms with Crippen LogP contribution >= 0.6 is 11.8 Å². The van der Waals surface area contributed by atoms with E-state index in [0.29, 0.717) is 17.3 Å². The first kappa shape index (κ1) is 13.9. The summed E-state index contributed by atoms with van der Waals surface area (Å²) in [4.78, 5) is 4.67. The van der Waals surface area contributed by atoms with Gasteiger partial charge in [0, 0.05) is 11.3 Å². The highest BCUT2D eigenvalue weighted by Crippen LogP contribution is 2.24. The van der Waals surface area contributed by atoms with Gasteiger partial charge >= 0.3 is 0 Å². The van der Waals surface area contributed by atoms with Crippen molar-refractivity contribution in [2.24, 2.45) is 10.9 Å². The molecule has 3 atom stereocenters. The standard InChI is InChI=1S/C13H26N2S/c1-9(2)6-7-10(3)14-13-15-11(4)8-12(5)16-13/h9-12H,6-8H2,1-5H3,(H,14,15). The second-order valence-corrected chi connectivity index (χ2v) is 6.89. The molecule has 0 saturated carbocycles. The van der Waals surface area contributed by atoms with Gasteiger partial charge in [0.05, 0.1) is 6.04 Å². The van der Waals surface area contributed by atoms with E-state index in [1.807, 2.05) is 11.8 Å². The van der Waals surface area contributed by atoms with Crippen LogP contribution in [-0.4, -0.2) is 22.5 Å². The van der Waals surface area contributed by atoms with Gasteiger partial charge in [-0.25, -0.2) is 0 Å². The Bertz CT molecular complexity index is 238. The van der Waals surface area contributed by atoms with Crippen LogP contribution in [0.15, 0.2) is 4.99 Å². The average Bonchev–Trinajstić information content (AvgIpc) is 2.12. The first-order valence-electron chi connectivity index (χ1n) is 6.48.